The zero-order valence-corrected chi connectivity index (χ0v) is 12.9. The second-order valence-electron chi connectivity index (χ2n) is 5.88. The van der Waals surface area contributed by atoms with E-state index in [1.807, 2.05) is 44.2 Å². The average Bonchev–Trinajstić information content (AvgIpc) is 2.52. The van der Waals surface area contributed by atoms with E-state index in [0.29, 0.717) is 6.04 Å². The number of nitrogens with one attached hydrogen (secondary N) is 2. The van der Waals surface area contributed by atoms with Crippen molar-refractivity contribution in [3.63, 3.8) is 0 Å². The Labute approximate surface area is 127 Å². The topological polar surface area (TPSA) is 53.5 Å². The van der Waals surface area contributed by atoms with E-state index in [1.165, 1.54) is 19.3 Å². The van der Waals surface area contributed by atoms with Crippen LogP contribution < -0.4 is 10.7 Å². The first-order valence-corrected chi connectivity index (χ1v) is 7.78. The third kappa shape index (κ3) is 4.97. The fraction of sp³-hybridized carbons (Fsp3) is 0.529. The highest BCUT2D eigenvalue weighted by Crippen LogP contribution is 2.21. The fourth-order valence-corrected chi connectivity index (χ4v) is 2.71. The van der Waals surface area contributed by atoms with E-state index < -0.39 is 0 Å². The lowest BCUT2D eigenvalue weighted by Crippen LogP contribution is -2.42. The van der Waals surface area contributed by atoms with Gasteiger partial charge in [0.05, 0.1) is 0 Å². The summed E-state index contributed by atoms with van der Waals surface area (Å²) in [5.41, 5.74) is 4.49. The lowest BCUT2D eigenvalue weighted by molar-refractivity contribution is -0.123. The van der Waals surface area contributed by atoms with Gasteiger partial charge in [0.1, 0.15) is 6.04 Å². The summed E-state index contributed by atoms with van der Waals surface area (Å²) < 4.78 is 0. The third-order valence-electron chi connectivity index (χ3n) is 3.79. The second kappa shape index (κ2) is 7.93. The maximum absolute atomic E-state index is 12.4. The molecule has 1 saturated carbocycles. The molecule has 0 unspecified atom stereocenters. The molecule has 2 rings (SSSR count). The van der Waals surface area contributed by atoms with Crippen LogP contribution in [0.1, 0.15) is 57.6 Å². The minimum atomic E-state index is -0.336. The van der Waals surface area contributed by atoms with Gasteiger partial charge < -0.3 is 0 Å². The summed E-state index contributed by atoms with van der Waals surface area (Å²) >= 11 is 0. The van der Waals surface area contributed by atoms with E-state index in [2.05, 4.69) is 15.8 Å². The highest BCUT2D eigenvalue weighted by atomic mass is 16.2. The molecule has 114 valence electrons. The molecule has 0 aliphatic heterocycles. The second-order valence-corrected chi connectivity index (χ2v) is 5.88. The van der Waals surface area contributed by atoms with Crippen molar-refractivity contribution in [3.05, 3.63) is 35.9 Å². The molecule has 1 atom stereocenters. The van der Waals surface area contributed by atoms with Gasteiger partial charge >= 0.3 is 0 Å². The first-order valence-electron chi connectivity index (χ1n) is 7.78. The van der Waals surface area contributed by atoms with E-state index in [0.717, 1.165) is 24.1 Å². The summed E-state index contributed by atoms with van der Waals surface area (Å²) in [6.45, 7) is 3.73. The molecule has 0 bridgehead atoms. The zero-order chi connectivity index (χ0) is 15.1. The number of carbonyl (C=O) groups is 1. The highest BCUT2D eigenvalue weighted by molar-refractivity contribution is 5.86. The first kappa shape index (κ1) is 15.7. The Morgan fingerprint density at radius 3 is 2.43 bits per heavy atom. The molecular formula is C17H25N3O. The zero-order valence-electron chi connectivity index (χ0n) is 12.9. The van der Waals surface area contributed by atoms with Gasteiger partial charge in [0, 0.05) is 11.8 Å². The molecule has 0 heterocycles. The van der Waals surface area contributed by atoms with Crippen molar-refractivity contribution in [1.29, 1.82) is 0 Å². The Balaban J connectivity index is 2.09. The van der Waals surface area contributed by atoms with E-state index >= 15 is 0 Å². The minimum Gasteiger partial charge on any atom is -0.299 e. The molecule has 2 N–H and O–H groups in total. The molecule has 1 amide bonds. The largest absolute Gasteiger partial charge is 0.299 e. The quantitative estimate of drug-likeness (QED) is 0.645. The van der Waals surface area contributed by atoms with Crippen LogP contribution in [0.25, 0.3) is 0 Å². The van der Waals surface area contributed by atoms with Crippen molar-refractivity contribution in [2.75, 3.05) is 0 Å². The number of rotatable bonds is 5. The van der Waals surface area contributed by atoms with E-state index in [4.69, 9.17) is 0 Å². The summed E-state index contributed by atoms with van der Waals surface area (Å²) in [7, 11) is 0. The van der Waals surface area contributed by atoms with Crippen LogP contribution in [-0.4, -0.2) is 17.7 Å². The normalized spacial score (nSPS) is 17.0. The van der Waals surface area contributed by atoms with Crippen molar-refractivity contribution < 1.29 is 4.79 Å². The first-order chi connectivity index (χ1) is 10.2. The predicted molar refractivity (Wildman–Crippen MR) is 86.1 cm³/mol. The highest BCUT2D eigenvalue weighted by Gasteiger charge is 2.24. The molecule has 1 aliphatic carbocycles. The smallest absolute Gasteiger partial charge is 0.261 e. The maximum atomic E-state index is 12.4. The van der Waals surface area contributed by atoms with E-state index in [1.54, 1.807) is 0 Å². The van der Waals surface area contributed by atoms with Crippen molar-refractivity contribution in [1.82, 2.24) is 10.7 Å². The van der Waals surface area contributed by atoms with Gasteiger partial charge in [-0.15, -0.1) is 0 Å². The summed E-state index contributed by atoms with van der Waals surface area (Å²) in [6, 6.07) is 9.95. The van der Waals surface area contributed by atoms with Crippen LogP contribution in [0.2, 0.25) is 0 Å². The number of nitrogens with zero attached hydrogens (tertiary/aromatic N) is 1. The molecule has 0 aromatic heterocycles. The molecule has 4 heteroatoms. The Bertz CT molecular complexity index is 474. The third-order valence-corrected chi connectivity index (χ3v) is 3.79. The number of hydrazone groups is 1. The van der Waals surface area contributed by atoms with Crippen LogP contribution in [-0.2, 0) is 4.79 Å². The average molecular weight is 287 g/mol. The number of carbonyl (C=O) groups excluding carboxylic acids is 1. The van der Waals surface area contributed by atoms with Crippen LogP contribution in [0.15, 0.2) is 35.4 Å². The summed E-state index contributed by atoms with van der Waals surface area (Å²) in [6.07, 6.45) is 6.08. The molecule has 4 nitrogen and oxygen atoms in total. The van der Waals surface area contributed by atoms with Crippen LogP contribution in [0.4, 0.5) is 0 Å². The van der Waals surface area contributed by atoms with Gasteiger partial charge in [0.2, 0.25) is 0 Å². The molecule has 1 fully saturated rings. The van der Waals surface area contributed by atoms with Crippen LogP contribution in [0.5, 0.6) is 0 Å². The molecule has 1 aromatic rings. The summed E-state index contributed by atoms with van der Waals surface area (Å²) in [4.78, 5) is 12.4. The van der Waals surface area contributed by atoms with Crippen molar-refractivity contribution in [3.8, 4) is 0 Å². The Hall–Kier alpha value is -1.68. The van der Waals surface area contributed by atoms with Gasteiger partial charge in [0.25, 0.3) is 5.91 Å². The van der Waals surface area contributed by atoms with Crippen molar-refractivity contribution in [2.45, 2.75) is 58.0 Å². The molecule has 21 heavy (non-hydrogen) atoms. The van der Waals surface area contributed by atoms with Gasteiger partial charge in [-0.25, -0.2) is 5.43 Å². The monoisotopic (exact) mass is 287 g/mol. The molecule has 0 saturated heterocycles. The Kier molecular flexibility index (Phi) is 5.93. The van der Waals surface area contributed by atoms with E-state index in [-0.39, 0.29) is 11.9 Å². The SMILES string of the molecule is CC(C)=NNC(=O)[C@@H](NC1CCCCC1)c1ccccc1. The summed E-state index contributed by atoms with van der Waals surface area (Å²) in [5, 5.41) is 7.56. The number of hydrogen-bond donors (Lipinski definition) is 2. The van der Waals surface area contributed by atoms with Gasteiger partial charge in [-0.1, -0.05) is 49.6 Å². The lowest BCUT2D eigenvalue weighted by Gasteiger charge is -2.27. The molecular weight excluding hydrogens is 262 g/mol. The molecule has 1 aromatic carbocycles. The van der Waals surface area contributed by atoms with Gasteiger partial charge in [-0.05, 0) is 32.3 Å². The Morgan fingerprint density at radius 2 is 1.81 bits per heavy atom. The number of amides is 1. The van der Waals surface area contributed by atoms with Crippen molar-refractivity contribution in [2.24, 2.45) is 5.10 Å². The van der Waals surface area contributed by atoms with Crippen LogP contribution >= 0.6 is 0 Å². The summed E-state index contributed by atoms with van der Waals surface area (Å²) in [5.74, 6) is -0.0898. The number of benzene rings is 1. The van der Waals surface area contributed by atoms with E-state index in [9.17, 15) is 4.79 Å². The molecule has 0 spiro atoms. The Morgan fingerprint density at radius 1 is 1.14 bits per heavy atom. The molecule has 0 radical (unpaired) electrons. The van der Waals surface area contributed by atoms with Crippen molar-refractivity contribution >= 4 is 11.6 Å². The van der Waals surface area contributed by atoms with Gasteiger partial charge in [-0.3, -0.25) is 10.1 Å². The van der Waals surface area contributed by atoms with Gasteiger partial charge in [0.15, 0.2) is 0 Å². The fourth-order valence-electron chi connectivity index (χ4n) is 2.71. The number of hydrogen-bond acceptors (Lipinski definition) is 3. The standard InChI is InChI=1S/C17H25N3O/c1-13(2)19-20-17(21)16(14-9-5-3-6-10-14)18-15-11-7-4-8-12-15/h3,5-6,9-10,15-16,18H,4,7-8,11-12H2,1-2H3,(H,20,21)/t16-/m0/s1. The maximum Gasteiger partial charge on any atom is 0.261 e. The lowest BCUT2D eigenvalue weighted by atomic mass is 9.94. The molecule has 1 aliphatic rings. The van der Waals surface area contributed by atoms with Crippen LogP contribution in [0.3, 0.4) is 0 Å². The van der Waals surface area contributed by atoms with Gasteiger partial charge in [-0.2, -0.15) is 5.10 Å². The minimum absolute atomic E-state index is 0.0898. The van der Waals surface area contributed by atoms with Crippen LogP contribution in [0, 0.1) is 0 Å². The predicted octanol–water partition coefficient (Wildman–Crippen LogP) is 3.16.